The summed E-state index contributed by atoms with van der Waals surface area (Å²) in [5, 5.41) is 11.1. The number of non-ortho nitro benzene ring substituents is 1. The van der Waals surface area contributed by atoms with E-state index < -0.39 is 10.9 Å². The van der Waals surface area contributed by atoms with Crippen molar-refractivity contribution in [2.45, 2.75) is 0 Å². The Labute approximate surface area is 171 Å². The first-order chi connectivity index (χ1) is 14.4. The van der Waals surface area contributed by atoms with Crippen molar-refractivity contribution >= 4 is 23.6 Å². The Balaban J connectivity index is 2.08. The first kappa shape index (κ1) is 20.6. The Bertz CT molecular complexity index is 1070. The van der Waals surface area contributed by atoms with Crippen LogP contribution in [0, 0.1) is 10.1 Å². The van der Waals surface area contributed by atoms with Crippen molar-refractivity contribution in [2.75, 3.05) is 28.4 Å². The van der Waals surface area contributed by atoms with Gasteiger partial charge in [0, 0.05) is 23.8 Å². The minimum absolute atomic E-state index is 0.0240. The zero-order valence-electron chi connectivity index (χ0n) is 16.6. The number of aliphatic imine (C=N–C) groups is 1. The smallest absolute Gasteiger partial charge is 0.363 e. The summed E-state index contributed by atoms with van der Waals surface area (Å²) in [6.07, 6.45) is 1.46. The third-order valence-electron chi connectivity index (χ3n) is 4.27. The maximum absolute atomic E-state index is 12.4. The van der Waals surface area contributed by atoms with Crippen molar-refractivity contribution in [3.63, 3.8) is 0 Å². The molecule has 0 aromatic heterocycles. The molecule has 10 heteroatoms. The lowest BCUT2D eigenvalue weighted by Gasteiger charge is -2.12. The molecule has 0 atom stereocenters. The molecule has 30 heavy (non-hydrogen) atoms. The standard InChI is InChI=1S/C20H18N2O8/c1-26-15-6-5-12(22(24)25)9-13(15)19-21-14(20(23)30-19)7-11-8-17(28-3)18(29-4)10-16(11)27-2/h5-10H,1-4H3/b14-7-. The average Bonchev–Trinajstić information content (AvgIpc) is 3.12. The van der Waals surface area contributed by atoms with Crippen molar-refractivity contribution in [1.82, 2.24) is 0 Å². The summed E-state index contributed by atoms with van der Waals surface area (Å²) in [5.41, 5.74) is 0.466. The Morgan fingerprint density at radius 3 is 2.17 bits per heavy atom. The molecular weight excluding hydrogens is 396 g/mol. The van der Waals surface area contributed by atoms with E-state index in [0.717, 1.165) is 0 Å². The monoisotopic (exact) mass is 414 g/mol. The Hall–Kier alpha value is -4.08. The van der Waals surface area contributed by atoms with Crippen molar-refractivity contribution in [3.05, 3.63) is 57.3 Å². The molecule has 0 saturated heterocycles. The summed E-state index contributed by atoms with van der Waals surface area (Å²) in [7, 11) is 5.84. The van der Waals surface area contributed by atoms with Crippen LogP contribution >= 0.6 is 0 Å². The lowest BCUT2D eigenvalue weighted by molar-refractivity contribution is -0.384. The first-order valence-electron chi connectivity index (χ1n) is 8.57. The molecular formula is C20H18N2O8. The number of ether oxygens (including phenoxy) is 5. The van der Waals surface area contributed by atoms with Crippen LogP contribution in [0.1, 0.15) is 11.1 Å². The summed E-state index contributed by atoms with van der Waals surface area (Å²) in [4.78, 5) is 27.1. The van der Waals surface area contributed by atoms with Crippen molar-refractivity contribution in [3.8, 4) is 23.0 Å². The summed E-state index contributed by atoms with van der Waals surface area (Å²) in [5.74, 6) is 0.750. The number of carbonyl (C=O) groups is 1. The van der Waals surface area contributed by atoms with Gasteiger partial charge in [0.15, 0.2) is 17.2 Å². The normalized spacial score (nSPS) is 14.2. The van der Waals surface area contributed by atoms with E-state index in [-0.39, 0.29) is 28.6 Å². The van der Waals surface area contributed by atoms with Gasteiger partial charge in [0.05, 0.1) is 38.9 Å². The summed E-state index contributed by atoms with van der Waals surface area (Å²) < 4.78 is 26.3. The van der Waals surface area contributed by atoms with Gasteiger partial charge in [0.25, 0.3) is 5.69 Å². The van der Waals surface area contributed by atoms with Crippen molar-refractivity contribution < 1.29 is 33.4 Å². The quantitative estimate of drug-likeness (QED) is 0.294. The van der Waals surface area contributed by atoms with Gasteiger partial charge in [0.2, 0.25) is 5.90 Å². The molecule has 1 heterocycles. The minimum atomic E-state index is -0.726. The number of nitrogens with zero attached hydrogens (tertiary/aromatic N) is 2. The maximum Gasteiger partial charge on any atom is 0.363 e. The van der Waals surface area contributed by atoms with Gasteiger partial charge in [-0.25, -0.2) is 9.79 Å². The van der Waals surface area contributed by atoms with Crippen LogP contribution in [-0.2, 0) is 9.53 Å². The number of methoxy groups -OCH3 is 4. The molecule has 0 amide bonds. The van der Waals surface area contributed by atoms with Crippen molar-refractivity contribution in [2.24, 2.45) is 4.99 Å². The number of rotatable bonds is 7. The van der Waals surface area contributed by atoms with E-state index in [1.54, 1.807) is 12.1 Å². The molecule has 10 nitrogen and oxygen atoms in total. The van der Waals surface area contributed by atoms with E-state index >= 15 is 0 Å². The van der Waals surface area contributed by atoms with Gasteiger partial charge in [-0.3, -0.25) is 10.1 Å². The molecule has 0 unspecified atom stereocenters. The number of carbonyl (C=O) groups excluding carboxylic acids is 1. The predicted molar refractivity (Wildman–Crippen MR) is 106 cm³/mol. The lowest BCUT2D eigenvalue weighted by atomic mass is 10.1. The third kappa shape index (κ3) is 3.88. The van der Waals surface area contributed by atoms with Gasteiger partial charge in [0.1, 0.15) is 11.5 Å². The lowest BCUT2D eigenvalue weighted by Crippen LogP contribution is -2.07. The Kier molecular flexibility index (Phi) is 5.86. The molecule has 0 fully saturated rings. The molecule has 0 saturated carbocycles. The van der Waals surface area contributed by atoms with E-state index in [4.69, 9.17) is 23.7 Å². The molecule has 0 spiro atoms. The van der Waals surface area contributed by atoms with E-state index in [0.29, 0.717) is 22.8 Å². The second-order valence-corrected chi connectivity index (χ2v) is 5.93. The van der Waals surface area contributed by atoms with Gasteiger partial charge >= 0.3 is 5.97 Å². The molecule has 156 valence electrons. The molecule has 0 radical (unpaired) electrons. The highest BCUT2D eigenvalue weighted by Crippen LogP contribution is 2.36. The van der Waals surface area contributed by atoms with Crippen LogP contribution in [0.3, 0.4) is 0 Å². The highest BCUT2D eigenvalue weighted by Gasteiger charge is 2.28. The molecule has 1 aliphatic rings. The average molecular weight is 414 g/mol. The van der Waals surface area contributed by atoms with Gasteiger partial charge in [-0.2, -0.15) is 0 Å². The number of benzene rings is 2. The second-order valence-electron chi connectivity index (χ2n) is 5.93. The van der Waals surface area contributed by atoms with Crippen LogP contribution in [0.2, 0.25) is 0 Å². The summed E-state index contributed by atoms with van der Waals surface area (Å²) in [6, 6.07) is 7.15. The van der Waals surface area contributed by atoms with Crippen LogP contribution < -0.4 is 18.9 Å². The number of hydrogen-bond acceptors (Lipinski definition) is 9. The Morgan fingerprint density at radius 1 is 0.933 bits per heavy atom. The van der Waals surface area contributed by atoms with Gasteiger partial charge < -0.3 is 23.7 Å². The maximum atomic E-state index is 12.4. The van der Waals surface area contributed by atoms with Crippen LogP contribution in [0.5, 0.6) is 23.0 Å². The molecule has 0 N–H and O–H groups in total. The molecule has 3 rings (SSSR count). The highest BCUT2D eigenvalue weighted by atomic mass is 16.6. The highest BCUT2D eigenvalue weighted by molar-refractivity contribution is 6.14. The number of nitro benzene ring substituents is 1. The number of nitro groups is 1. The van der Waals surface area contributed by atoms with Crippen molar-refractivity contribution in [1.29, 1.82) is 0 Å². The minimum Gasteiger partial charge on any atom is -0.496 e. The zero-order chi connectivity index (χ0) is 21.8. The van der Waals surface area contributed by atoms with E-state index in [2.05, 4.69) is 4.99 Å². The first-order valence-corrected chi connectivity index (χ1v) is 8.57. The van der Waals surface area contributed by atoms with Gasteiger partial charge in [-0.15, -0.1) is 0 Å². The fourth-order valence-corrected chi connectivity index (χ4v) is 2.81. The van der Waals surface area contributed by atoms with Crippen LogP contribution in [0.4, 0.5) is 5.69 Å². The number of hydrogen-bond donors (Lipinski definition) is 0. The predicted octanol–water partition coefficient (Wildman–Crippen LogP) is 2.97. The van der Waals surface area contributed by atoms with Crippen LogP contribution in [0.15, 0.2) is 41.0 Å². The fraction of sp³-hybridized carbons (Fsp3) is 0.200. The fourth-order valence-electron chi connectivity index (χ4n) is 2.81. The number of esters is 1. The summed E-state index contributed by atoms with van der Waals surface area (Å²) >= 11 is 0. The van der Waals surface area contributed by atoms with Crippen LogP contribution in [0.25, 0.3) is 6.08 Å². The SMILES string of the molecule is COc1cc(OC)c(OC)cc1/C=C1\N=C(c2cc([N+](=O)[O-])ccc2OC)OC1=O. The van der Waals surface area contributed by atoms with Crippen LogP contribution in [-0.4, -0.2) is 45.2 Å². The molecule has 2 aromatic carbocycles. The molecule has 0 aliphatic carbocycles. The largest absolute Gasteiger partial charge is 0.496 e. The second kappa shape index (κ2) is 8.52. The van der Waals surface area contributed by atoms with E-state index in [9.17, 15) is 14.9 Å². The topological polar surface area (TPSA) is 119 Å². The molecule has 1 aliphatic heterocycles. The van der Waals surface area contributed by atoms with Gasteiger partial charge in [-0.05, 0) is 18.2 Å². The summed E-state index contributed by atoms with van der Waals surface area (Å²) in [6.45, 7) is 0. The van der Waals surface area contributed by atoms with E-state index in [1.165, 1.54) is 52.7 Å². The third-order valence-corrected chi connectivity index (χ3v) is 4.27. The molecule has 0 bridgehead atoms. The van der Waals surface area contributed by atoms with E-state index in [1.807, 2.05) is 0 Å². The zero-order valence-corrected chi connectivity index (χ0v) is 16.6. The molecule has 2 aromatic rings. The number of cyclic esters (lactones) is 1. The Morgan fingerprint density at radius 2 is 1.57 bits per heavy atom. The van der Waals surface area contributed by atoms with Gasteiger partial charge in [-0.1, -0.05) is 0 Å².